The van der Waals surface area contributed by atoms with Crippen LogP contribution in [-0.2, 0) is 9.59 Å². The summed E-state index contributed by atoms with van der Waals surface area (Å²) < 4.78 is 0. The number of carboxylic acids is 2. The van der Waals surface area contributed by atoms with Crippen LogP contribution in [0.2, 0.25) is 12.6 Å². The summed E-state index contributed by atoms with van der Waals surface area (Å²) >= 11 is 0. The minimum atomic E-state index is -1.56. The molecular weight excluding hydrogens is 232 g/mol. The molecule has 0 aliphatic heterocycles. The highest BCUT2D eigenvalue weighted by molar-refractivity contribution is 6.78. The highest BCUT2D eigenvalue weighted by Gasteiger charge is 2.21. The largest absolute Gasteiger partial charge is 0.481 e. The van der Waals surface area contributed by atoms with Crippen molar-refractivity contribution >= 4 is 20.0 Å². The van der Waals surface area contributed by atoms with Gasteiger partial charge in [0.2, 0.25) is 0 Å². The lowest BCUT2D eigenvalue weighted by molar-refractivity contribution is -0.135. The summed E-state index contributed by atoms with van der Waals surface area (Å²) in [5, 5.41) is 32.2. The Morgan fingerprint density at radius 2 is 1.19 bits per heavy atom. The van der Waals surface area contributed by atoms with Gasteiger partial charge in [0, 0.05) is 26.3 Å². The molecule has 0 aromatic carbocycles. The molecule has 4 N–H and O–H groups in total. The van der Waals surface area contributed by atoms with Gasteiger partial charge in [-0.2, -0.15) is 0 Å². The van der Waals surface area contributed by atoms with Crippen molar-refractivity contribution in [1.82, 2.24) is 0 Å². The van der Waals surface area contributed by atoms with Gasteiger partial charge in [-0.1, -0.05) is 19.5 Å². The summed E-state index contributed by atoms with van der Waals surface area (Å²) in [7, 11) is -1.56. The van der Waals surface area contributed by atoms with Crippen molar-refractivity contribution in [2.75, 3.05) is 12.5 Å². The minimum Gasteiger partial charge on any atom is -0.481 e. The summed E-state index contributed by atoms with van der Waals surface area (Å²) in [5.41, 5.74) is 0. The van der Waals surface area contributed by atoms with E-state index in [2.05, 4.69) is 0 Å². The fourth-order valence-corrected chi connectivity index (χ4v) is 0.821. The van der Waals surface area contributed by atoms with Crippen LogP contribution in [0.3, 0.4) is 0 Å². The maximum atomic E-state index is 9.00. The van der Waals surface area contributed by atoms with E-state index in [-0.39, 0.29) is 12.5 Å². The monoisotopic (exact) mass is 254 g/mol. The highest BCUT2D eigenvalue weighted by atomic mass is 28.3. The van der Waals surface area contributed by atoms with Crippen LogP contribution in [0.15, 0.2) is 0 Å². The van der Waals surface area contributed by atoms with Crippen molar-refractivity contribution in [3.63, 3.8) is 0 Å². The van der Waals surface area contributed by atoms with E-state index in [1.54, 1.807) is 0 Å². The van der Waals surface area contributed by atoms with Crippen molar-refractivity contribution < 1.29 is 30.0 Å². The van der Waals surface area contributed by atoms with Crippen LogP contribution < -0.4 is 0 Å². The van der Waals surface area contributed by atoms with Gasteiger partial charge in [0.25, 0.3) is 11.9 Å². The third-order valence-corrected chi connectivity index (χ3v) is 4.85. The van der Waals surface area contributed by atoms with Gasteiger partial charge in [-0.05, 0) is 0 Å². The molecule has 0 aliphatic rings. The van der Waals surface area contributed by atoms with E-state index in [1.165, 1.54) is 0 Å². The number of hydrogen-bond donors (Lipinski definition) is 4. The molecule has 6 nitrogen and oxygen atoms in total. The number of aliphatic carboxylic acids is 2. The van der Waals surface area contributed by atoms with Gasteiger partial charge >= 0.3 is 0 Å². The van der Waals surface area contributed by atoms with E-state index in [0.29, 0.717) is 0 Å². The number of carboxylic acid groups (broad SMARTS) is 2. The van der Waals surface area contributed by atoms with Gasteiger partial charge in [0.05, 0.1) is 0 Å². The van der Waals surface area contributed by atoms with Crippen molar-refractivity contribution in [2.24, 2.45) is 0 Å². The van der Waals surface area contributed by atoms with Crippen molar-refractivity contribution in [3.8, 4) is 0 Å². The second kappa shape index (κ2) is 12.1. The summed E-state index contributed by atoms with van der Waals surface area (Å²) in [6, 6.07) is 0.958. The van der Waals surface area contributed by atoms with Gasteiger partial charge in [-0.3, -0.25) is 9.59 Å². The number of aliphatic hydroxyl groups is 2. The molecule has 0 bridgehead atoms. The van der Waals surface area contributed by atoms with E-state index >= 15 is 0 Å². The van der Waals surface area contributed by atoms with Gasteiger partial charge in [0.15, 0.2) is 0 Å². The normalized spacial score (nSPS) is 9.12. The third kappa shape index (κ3) is 29.2. The lowest BCUT2D eigenvalue weighted by Gasteiger charge is -2.18. The maximum absolute atomic E-state index is 9.00. The van der Waals surface area contributed by atoms with E-state index in [0.717, 1.165) is 19.9 Å². The fraction of sp³-hybridized carbons (Fsp3) is 0.778. The average molecular weight is 254 g/mol. The summed E-state index contributed by atoms with van der Waals surface area (Å²) in [6.45, 7) is 6.17. The fourth-order valence-electron chi connectivity index (χ4n) is 0.274. The quantitative estimate of drug-likeness (QED) is 0.539. The van der Waals surface area contributed by atoms with E-state index in [4.69, 9.17) is 30.0 Å². The summed E-state index contributed by atoms with van der Waals surface area (Å²) in [6.07, 6.45) is 0.417. The molecule has 0 saturated heterocycles. The van der Waals surface area contributed by atoms with E-state index < -0.39 is 20.0 Å². The Kier molecular flexibility index (Phi) is 15.6. The van der Waals surface area contributed by atoms with Gasteiger partial charge < -0.3 is 20.4 Å². The Morgan fingerprint density at radius 3 is 1.19 bits per heavy atom. The predicted molar refractivity (Wildman–Crippen MR) is 62.9 cm³/mol. The second-order valence-electron chi connectivity index (χ2n) is 3.52. The third-order valence-electron chi connectivity index (χ3n) is 1.62. The van der Waals surface area contributed by atoms with E-state index in [1.807, 2.05) is 13.5 Å². The first-order chi connectivity index (χ1) is 7.15. The van der Waals surface area contributed by atoms with Crippen molar-refractivity contribution in [3.05, 3.63) is 0 Å². The van der Waals surface area contributed by atoms with Crippen LogP contribution in [0.5, 0.6) is 0 Å². The topological polar surface area (TPSA) is 115 Å². The molecule has 7 heteroatoms. The molecule has 0 unspecified atom stereocenters. The molecular formula is C9H22O6Si. The number of carbonyl (C=O) groups is 2. The Balaban J connectivity index is -0.000000179. The van der Waals surface area contributed by atoms with Gasteiger partial charge in [-0.25, -0.2) is 0 Å². The Bertz CT molecular complexity index is 162. The van der Waals surface area contributed by atoms with Crippen molar-refractivity contribution in [2.45, 2.75) is 33.4 Å². The maximum Gasteiger partial charge on any atom is 0.300 e. The van der Waals surface area contributed by atoms with Gasteiger partial charge in [0.1, 0.15) is 8.07 Å². The van der Waals surface area contributed by atoms with Crippen LogP contribution in [0, 0.1) is 0 Å². The molecule has 0 saturated carbocycles. The molecule has 0 amide bonds. The molecule has 0 heterocycles. The molecule has 0 fully saturated rings. The zero-order valence-electron chi connectivity index (χ0n) is 10.2. The molecule has 98 valence electrons. The van der Waals surface area contributed by atoms with Gasteiger partial charge in [-0.15, -0.1) is 0 Å². The Hall–Kier alpha value is -0.923. The van der Waals surface area contributed by atoms with Crippen molar-refractivity contribution in [1.29, 1.82) is 0 Å². The first kappa shape index (κ1) is 20.5. The second-order valence-corrected chi connectivity index (χ2v) is 8.48. The SMILES string of the molecule is CC(=O)O.CC(=O)O.CC[Si](C)(CO)CO. The number of rotatable bonds is 3. The molecule has 0 aliphatic carbocycles. The predicted octanol–water partition coefficient (Wildman–Crippen LogP) is 0.330. The summed E-state index contributed by atoms with van der Waals surface area (Å²) in [4.78, 5) is 18.0. The molecule has 16 heavy (non-hydrogen) atoms. The first-order valence-electron chi connectivity index (χ1n) is 4.76. The van der Waals surface area contributed by atoms with Crippen LogP contribution >= 0.6 is 0 Å². The Morgan fingerprint density at radius 1 is 1.00 bits per heavy atom. The zero-order chi connectivity index (χ0) is 13.8. The summed E-state index contributed by atoms with van der Waals surface area (Å²) in [5.74, 6) is -1.67. The zero-order valence-corrected chi connectivity index (χ0v) is 11.2. The van der Waals surface area contributed by atoms with Crippen LogP contribution in [0.1, 0.15) is 20.8 Å². The molecule has 0 aromatic heterocycles. The molecule has 0 atom stereocenters. The lowest BCUT2D eigenvalue weighted by atomic mass is 10.9. The lowest BCUT2D eigenvalue weighted by Crippen LogP contribution is -2.39. The van der Waals surface area contributed by atoms with Crippen LogP contribution in [0.25, 0.3) is 0 Å². The highest BCUT2D eigenvalue weighted by Crippen LogP contribution is 2.04. The first-order valence-corrected chi connectivity index (χ1v) is 7.88. The molecule has 0 aromatic rings. The molecule has 0 spiro atoms. The van der Waals surface area contributed by atoms with E-state index in [9.17, 15) is 0 Å². The number of aliphatic hydroxyl groups excluding tert-OH is 2. The standard InChI is InChI=1S/C5H14O2Si.2C2H4O2/c1-3-8(2,4-6)5-7;2*1-2(3)4/h6-7H,3-5H2,1-2H3;2*1H3,(H,3,4). The average Bonchev–Trinajstić information content (AvgIpc) is 2.15. The van der Waals surface area contributed by atoms with Crippen LogP contribution in [-0.4, -0.2) is 52.9 Å². The molecule has 0 rings (SSSR count). The molecule has 0 radical (unpaired) electrons. The number of hydrogen-bond acceptors (Lipinski definition) is 4. The smallest absolute Gasteiger partial charge is 0.300 e. The van der Waals surface area contributed by atoms with Crippen LogP contribution in [0.4, 0.5) is 0 Å². The minimum absolute atomic E-state index is 0.208. The Labute approximate surface area is 96.6 Å².